The molecule has 0 spiro atoms. The lowest BCUT2D eigenvalue weighted by Crippen LogP contribution is -2.28. The van der Waals surface area contributed by atoms with E-state index in [-0.39, 0.29) is 22.9 Å². The van der Waals surface area contributed by atoms with Crippen molar-refractivity contribution in [3.05, 3.63) is 64.5 Å². The average molecular weight is 438 g/mol. The largest absolute Gasteiger partial charge is 0.463 e. The van der Waals surface area contributed by atoms with Gasteiger partial charge < -0.3 is 4.42 Å². The number of hydrogen-bond donors (Lipinski definition) is 0. The van der Waals surface area contributed by atoms with Crippen LogP contribution in [-0.2, 0) is 11.0 Å². The Balaban J connectivity index is 1.51. The molecular weight excluding hydrogens is 425 g/mol. The third-order valence-corrected chi connectivity index (χ3v) is 5.91. The van der Waals surface area contributed by atoms with E-state index in [1.54, 1.807) is 12.1 Å². The van der Waals surface area contributed by atoms with Gasteiger partial charge in [0.1, 0.15) is 17.2 Å². The molecule has 0 saturated carbocycles. The van der Waals surface area contributed by atoms with E-state index in [4.69, 9.17) is 4.42 Å². The first-order valence-corrected chi connectivity index (χ1v) is 10.3. The Morgan fingerprint density at radius 3 is 2.86 bits per heavy atom. The van der Waals surface area contributed by atoms with Crippen LogP contribution >= 0.6 is 23.1 Å². The summed E-state index contributed by atoms with van der Waals surface area (Å²) >= 11 is 2.35. The third-order valence-electron chi connectivity index (χ3n) is 4.09. The average Bonchev–Trinajstić information content (AvgIpc) is 3.46. The molecule has 29 heavy (non-hydrogen) atoms. The molecule has 1 amide bonds. The zero-order valence-electron chi connectivity index (χ0n) is 14.7. The molecule has 6 nitrogen and oxygen atoms in total. The van der Waals surface area contributed by atoms with Crippen molar-refractivity contribution < 1.29 is 22.4 Å². The van der Waals surface area contributed by atoms with Crippen LogP contribution in [0.1, 0.15) is 28.8 Å². The highest BCUT2D eigenvalue weighted by atomic mass is 32.2. The van der Waals surface area contributed by atoms with E-state index < -0.39 is 11.9 Å². The van der Waals surface area contributed by atoms with E-state index in [9.17, 15) is 18.0 Å². The summed E-state index contributed by atoms with van der Waals surface area (Å²) in [5.74, 6) is 0.0877. The molecule has 0 unspecified atom stereocenters. The van der Waals surface area contributed by atoms with Crippen LogP contribution in [0.25, 0.3) is 0 Å². The van der Waals surface area contributed by atoms with Gasteiger partial charge in [0.15, 0.2) is 5.16 Å². The molecule has 1 aliphatic rings. The first-order valence-electron chi connectivity index (χ1n) is 8.41. The van der Waals surface area contributed by atoms with Gasteiger partial charge >= 0.3 is 6.18 Å². The summed E-state index contributed by atoms with van der Waals surface area (Å²) in [5, 5.41) is 7.58. The molecule has 1 atom stereocenters. The van der Waals surface area contributed by atoms with Crippen LogP contribution in [0.2, 0.25) is 0 Å². The molecule has 0 saturated heterocycles. The number of hydrogen-bond acceptors (Lipinski definition) is 7. The quantitative estimate of drug-likeness (QED) is 0.429. The molecule has 3 aromatic heterocycles. The van der Waals surface area contributed by atoms with Crippen LogP contribution in [0.15, 0.2) is 62.8 Å². The highest BCUT2D eigenvalue weighted by molar-refractivity contribution is 7.99. The number of amides is 1. The topological polar surface area (TPSA) is 71.6 Å². The van der Waals surface area contributed by atoms with Gasteiger partial charge in [0.2, 0.25) is 0 Å². The molecule has 3 aromatic rings. The number of rotatable bonds is 5. The molecule has 150 valence electrons. The summed E-state index contributed by atoms with van der Waals surface area (Å²) in [6.07, 6.45) is -1.52. The number of hydrazone groups is 1. The number of nitrogens with zero attached hydrogens (tertiary/aromatic N) is 4. The summed E-state index contributed by atoms with van der Waals surface area (Å²) in [6.45, 7) is 0. The molecule has 4 heterocycles. The molecule has 4 rings (SSSR count). The third kappa shape index (κ3) is 4.35. The molecular formula is C18H13F3N4O2S2. The Morgan fingerprint density at radius 1 is 1.31 bits per heavy atom. The standard InChI is InChI=1S/C18H13F3N4O2S2/c19-18(20,21)15-5-6-22-17(23-15)29-10-16(26)25-12(14-4-2-8-28-14)9-11(24-25)13-3-1-7-27-13/h1-8,12H,9-10H2/t12-/m0/s1. The zero-order valence-corrected chi connectivity index (χ0v) is 16.3. The number of furan rings is 1. The van der Waals surface area contributed by atoms with Crippen molar-refractivity contribution in [1.29, 1.82) is 0 Å². The van der Waals surface area contributed by atoms with E-state index in [2.05, 4.69) is 15.1 Å². The number of carbonyl (C=O) groups is 1. The number of thiophene rings is 1. The lowest BCUT2D eigenvalue weighted by Gasteiger charge is -2.20. The van der Waals surface area contributed by atoms with Crippen LogP contribution in [-0.4, -0.2) is 32.3 Å². The minimum absolute atomic E-state index is 0.115. The summed E-state index contributed by atoms with van der Waals surface area (Å²) < 4.78 is 43.8. The van der Waals surface area contributed by atoms with Gasteiger partial charge in [0.05, 0.1) is 18.1 Å². The van der Waals surface area contributed by atoms with Crippen LogP contribution in [0.5, 0.6) is 0 Å². The Hall–Kier alpha value is -2.66. The van der Waals surface area contributed by atoms with Gasteiger partial charge in [-0.1, -0.05) is 17.8 Å². The predicted molar refractivity (Wildman–Crippen MR) is 102 cm³/mol. The second-order valence-corrected chi connectivity index (χ2v) is 7.93. The lowest BCUT2D eigenvalue weighted by atomic mass is 10.1. The van der Waals surface area contributed by atoms with Crippen LogP contribution in [0.4, 0.5) is 13.2 Å². The van der Waals surface area contributed by atoms with Crippen molar-refractivity contribution in [2.24, 2.45) is 5.10 Å². The van der Waals surface area contributed by atoms with E-state index in [1.165, 1.54) is 22.6 Å². The maximum atomic E-state index is 12.8. The van der Waals surface area contributed by atoms with Crippen molar-refractivity contribution in [2.45, 2.75) is 23.8 Å². The maximum Gasteiger partial charge on any atom is 0.433 e. The smallest absolute Gasteiger partial charge is 0.433 e. The van der Waals surface area contributed by atoms with E-state index >= 15 is 0 Å². The molecule has 0 bridgehead atoms. The van der Waals surface area contributed by atoms with Gasteiger partial charge in [0, 0.05) is 17.5 Å². The maximum absolute atomic E-state index is 12.8. The zero-order chi connectivity index (χ0) is 20.4. The molecule has 0 radical (unpaired) electrons. The van der Waals surface area contributed by atoms with Gasteiger partial charge in [-0.05, 0) is 29.6 Å². The Labute approximate surface area is 171 Å². The predicted octanol–water partition coefficient (Wildman–Crippen LogP) is 4.62. The van der Waals surface area contributed by atoms with E-state index in [0.29, 0.717) is 17.9 Å². The minimum Gasteiger partial charge on any atom is -0.463 e. The molecule has 11 heteroatoms. The minimum atomic E-state index is -4.57. The molecule has 0 aliphatic carbocycles. The van der Waals surface area contributed by atoms with E-state index in [1.807, 2.05) is 17.5 Å². The van der Waals surface area contributed by atoms with E-state index in [0.717, 1.165) is 28.9 Å². The SMILES string of the molecule is O=C(CSc1nccc(C(F)(F)F)n1)N1N=C(c2ccco2)C[C@H]1c1cccs1. The summed E-state index contributed by atoms with van der Waals surface area (Å²) in [6, 6.07) is 7.81. The van der Waals surface area contributed by atoms with Crippen molar-refractivity contribution in [3.63, 3.8) is 0 Å². The van der Waals surface area contributed by atoms with Gasteiger partial charge in [-0.2, -0.15) is 18.3 Å². The lowest BCUT2D eigenvalue weighted by molar-refractivity contribution is -0.141. The fourth-order valence-corrected chi connectivity index (χ4v) is 4.29. The number of aromatic nitrogens is 2. The van der Waals surface area contributed by atoms with Crippen LogP contribution < -0.4 is 0 Å². The Morgan fingerprint density at radius 2 is 2.17 bits per heavy atom. The monoisotopic (exact) mass is 438 g/mol. The molecule has 1 aliphatic heterocycles. The molecule has 0 N–H and O–H groups in total. The first kappa shape index (κ1) is 19.6. The second kappa shape index (κ2) is 7.99. The highest BCUT2D eigenvalue weighted by Gasteiger charge is 2.35. The van der Waals surface area contributed by atoms with Gasteiger partial charge in [-0.3, -0.25) is 4.79 Å². The summed E-state index contributed by atoms with van der Waals surface area (Å²) in [4.78, 5) is 21.1. The van der Waals surface area contributed by atoms with Gasteiger partial charge in [-0.25, -0.2) is 15.0 Å². The van der Waals surface area contributed by atoms with Crippen molar-refractivity contribution in [2.75, 3.05) is 5.75 Å². The number of carbonyl (C=O) groups excluding carboxylic acids is 1. The van der Waals surface area contributed by atoms with Crippen molar-refractivity contribution in [3.8, 4) is 0 Å². The normalized spacial score (nSPS) is 16.9. The summed E-state index contributed by atoms with van der Waals surface area (Å²) in [7, 11) is 0. The first-order chi connectivity index (χ1) is 13.9. The number of thioether (sulfide) groups is 1. The molecule has 0 fully saturated rings. The number of alkyl halides is 3. The van der Waals surface area contributed by atoms with Crippen molar-refractivity contribution >= 4 is 34.7 Å². The second-order valence-electron chi connectivity index (χ2n) is 6.01. The van der Waals surface area contributed by atoms with Gasteiger partial charge in [0.25, 0.3) is 5.91 Å². The van der Waals surface area contributed by atoms with Crippen LogP contribution in [0.3, 0.4) is 0 Å². The van der Waals surface area contributed by atoms with Crippen LogP contribution in [0, 0.1) is 0 Å². The van der Waals surface area contributed by atoms with Crippen molar-refractivity contribution in [1.82, 2.24) is 15.0 Å². The Bertz CT molecular complexity index is 1020. The fraction of sp³-hybridized carbons (Fsp3) is 0.222. The fourth-order valence-electron chi connectivity index (χ4n) is 2.80. The molecule has 0 aromatic carbocycles. The summed E-state index contributed by atoms with van der Waals surface area (Å²) in [5.41, 5.74) is -0.403. The van der Waals surface area contributed by atoms with Gasteiger partial charge in [-0.15, -0.1) is 11.3 Å². The number of halogens is 3. The highest BCUT2D eigenvalue weighted by Crippen LogP contribution is 2.36. The Kier molecular flexibility index (Phi) is 5.41.